The number of hydrogen-bond donors (Lipinski definition) is 1. The molecule has 0 aliphatic heterocycles. The highest BCUT2D eigenvalue weighted by Crippen LogP contribution is 2.13. The van der Waals surface area contributed by atoms with Crippen LogP contribution >= 0.6 is 11.6 Å². The summed E-state index contributed by atoms with van der Waals surface area (Å²) in [5.74, 6) is 0.443. The Hall–Kier alpha value is -1.24. The summed E-state index contributed by atoms with van der Waals surface area (Å²) in [4.78, 5) is 13.5. The zero-order valence-electron chi connectivity index (χ0n) is 9.62. The van der Waals surface area contributed by atoms with Crippen LogP contribution in [0.15, 0.2) is 0 Å². The maximum Gasteiger partial charge on any atom is 0.255 e. The van der Waals surface area contributed by atoms with Gasteiger partial charge in [0.25, 0.3) is 6.43 Å². The van der Waals surface area contributed by atoms with Crippen molar-refractivity contribution >= 4 is 23.5 Å². The van der Waals surface area contributed by atoms with Crippen molar-refractivity contribution in [2.75, 3.05) is 29.9 Å². The van der Waals surface area contributed by atoms with E-state index >= 15 is 0 Å². The normalized spacial score (nSPS) is 10.7. The third-order valence-corrected chi connectivity index (χ3v) is 2.23. The number of halogens is 3. The van der Waals surface area contributed by atoms with E-state index in [1.807, 2.05) is 18.7 Å². The average molecular weight is 266 g/mol. The highest BCUT2D eigenvalue weighted by molar-refractivity contribution is 6.28. The maximum absolute atomic E-state index is 12.0. The van der Waals surface area contributed by atoms with Crippen LogP contribution in [0, 0.1) is 0 Å². The van der Waals surface area contributed by atoms with Crippen LogP contribution in [0.5, 0.6) is 0 Å². The summed E-state index contributed by atoms with van der Waals surface area (Å²) < 4.78 is 24.1. The van der Waals surface area contributed by atoms with Gasteiger partial charge in [0.05, 0.1) is 6.54 Å². The van der Waals surface area contributed by atoms with Gasteiger partial charge in [-0.15, -0.1) is 0 Å². The minimum Gasteiger partial charge on any atom is -0.348 e. The molecule has 0 fully saturated rings. The monoisotopic (exact) mass is 265 g/mol. The van der Waals surface area contributed by atoms with E-state index in [1.54, 1.807) is 0 Å². The van der Waals surface area contributed by atoms with Crippen LogP contribution in [0.3, 0.4) is 0 Å². The van der Waals surface area contributed by atoms with Crippen LogP contribution in [0.2, 0.25) is 5.28 Å². The molecule has 1 aromatic rings. The van der Waals surface area contributed by atoms with Crippen molar-refractivity contribution in [3.8, 4) is 0 Å². The summed E-state index contributed by atoms with van der Waals surface area (Å²) in [5, 5.41) is 2.39. The second-order valence-electron chi connectivity index (χ2n) is 3.17. The Balaban J connectivity index is 2.85. The molecule has 0 atom stereocenters. The minimum absolute atomic E-state index is 0.0151. The predicted molar refractivity (Wildman–Crippen MR) is 62.9 cm³/mol. The van der Waals surface area contributed by atoms with Gasteiger partial charge in [-0.2, -0.15) is 15.0 Å². The van der Waals surface area contributed by atoms with Gasteiger partial charge in [-0.1, -0.05) is 0 Å². The van der Waals surface area contributed by atoms with Crippen molar-refractivity contribution in [2.24, 2.45) is 0 Å². The molecule has 1 aromatic heterocycles. The Morgan fingerprint density at radius 1 is 1.24 bits per heavy atom. The molecule has 0 spiro atoms. The van der Waals surface area contributed by atoms with Gasteiger partial charge in [0, 0.05) is 13.1 Å². The molecule has 1 N–H and O–H groups in total. The SMILES string of the molecule is CCN(CC)c1nc(Cl)nc(NCC(F)F)n1. The Kier molecular flexibility index (Phi) is 5.27. The molecule has 0 bridgehead atoms. The van der Waals surface area contributed by atoms with E-state index in [2.05, 4.69) is 20.3 Å². The number of alkyl halides is 2. The third kappa shape index (κ3) is 4.26. The molecule has 0 saturated heterocycles. The van der Waals surface area contributed by atoms with E-state index in [1.165, 1.54) is 0 Å². The van der Waals surface area contributed by atoms with E-state index in [0.717, 1.165) is 0 Å². The number of hydrogen-bond acceptors (Lipinski definition) is 5. The molecule has 96 valence electrons. The van der Waals surface area contributed by atoms with E-state index in [9.17, 15) is 8.78 Å². The number of nitrogens with one attached hydrogen (secondary N) is 1. The van der Waals surface area contributed by atoms with Gasteiger partial charge in [0.1, 0.15) is 0 Å². The highest BCUT2D eigenvalue weighted by Gasteiger charge is 2.11. The van der Waals surface area contributed by atoms with Crippen molar-refractivity contribution in [1.82, 2.24) is 15.0 Å². The zero-order chi connectivity index (χ0) is 12.8. The van der Waals surface area contributed by atoms with Crippen molar-refractivity contribution in [2.45, 2.75) is 20.3 Å². The van der Waals surface area contributed by atoms with Crippen LogP contribution in [-0.2, 0) is 0 Å². The third-order valence-electron chi connectivity index (χ3n) is 2.06. The van der Waals surface area contributed by atoms with Crippen molar-refractivity contribution in [1.29, 1.82) is 0 Å². The molecule has 0 radical (unpaired) electrons. The molecular formula is C9H14ClF2N5. The molecular weight excluding hydrogens is 252 g/mol. The van der Waals surface area contributed by atoms with Gasteiger partial charge in [0.15, 0.2) is 0 Å². The minimum atomic E-state index is -2.47. The molecule has 8 heteroatoms. The second-order valence-corrected chi connectivity index (χ2v) is 3.51. The fourth-order valence-electron chi connectivity index (χ4n) is 1.23. The highest BCUT2D eigenvalue weighted by atomic mass is 35.5. The summed E-state index contributed by atoms with van der Waals surface area (Å²) in [5.41, 5.74) is 0. The summed E-state index contributed by atoms with van der Waals surface area (Å²) in [6, 6.07) is 0. The van der Waals surface area contributed by atoms with Gasteiger partial charge in [-0.25, -0.2) is 8.78 Å². The molecule has 5 nitrogen and oxygen atoms in total. The van der Waals surface area contributed by atoms with Crippen molar-refractivity contribution in [3.63, 3.8) is 0 Å². The van der Waals surface area contributed by atoms with Crippen LogP contribution in [0.25, 0.3) is 0 Å². The Morgan fingerprint density at radius 3 is 2.41 bits per heavy atom. The zero-order valence-corrected chi connectivity index (χ0v) is 10.4. The molecule has 0 amide bonds. The molecule has 0 saturated carbocycles. The van der Waals surface area contributed by atoms with E-state index in [0.29, 0.717) is 19.0 Å². The molecule has 1 rings (SSSR count). The first-order chi connectivity index (χ1) is 8.06. The Morgan fingerprint density at radius 2 is 1.88 bits per heavy atom. The quantitative estimate of drug-likeness (QED) is 0.853. The lowest BCUT2D eigenvalue weighted by Crippen LogP contribution is -2.25. The smallest absolute Gasteiger partial charge is 0.255 e. The standard InChI is InChI=1S/C9H14ClF2N5/c1-3-17(4-2)9-15-7(10)14-8(16-9)13-5-6(11)12/h6H,3-5H2,1-2H3,(H,13,14,15,16). The van der Waals surface area contributed by atoms with Crippen LogP contribution < -0.4 is 10.2 Å². The average Bonchev–Trinajstić information content (AvgIpc) is 2.27. The largest absolute Gasteiger partial charge is 0.348 e. The first-order valence-corrected chi connectivity index (χ1v) is 5.63. The molecule has 0 aliphatic rings. The lowest BCUT2D eigenvalue weighted by Gasteiger charge is -2.18. The van der Waals surface area contributed by atoms with Gasteiger partial charge < -0.3 is 10.2 Å². The number of nitrogens with zero attached hydrogens (tertiary/aromatic N) is 4. The van der Waals surface area contributed by atoms with E-state index in [4.69, 9.17) is 11.6 Å². The van der Waals surface area contributed by atoms with Crippen LogP contribution in [0.4, 0.5) is 20.7 Å². The summed E-state index contributed by atoms with van der Waals surface area (Å²) in [6.45, 7) is 4.76. The number of rotatable bonds is 6. The fourth-order valence-corrected chi connectivity index (χ4v) is 1.39. The first-order valence-electron chi connectivity index (χ1n) is 5.25. The molecule has 0 aromatic carbocycles. The van der Waals surface area contributed by atoms with Gasteiger partial charge in [-0.3, -0.25) is 0 Å². The molecule has 0 aliphatic carbocycles. The molecule has 17 heavy (non-hydrogen) atoms. The first kappa shape index (κ1) is 13.8. The lowest BCUT2D eigenvalue weighted by atomic mass is 10.5. The maximum atomic E-state index is 12.0. The summed E-state index contributed by atoms with van der Waals surface area (Å²) in [6.07, 6.45) is -2.47. The Labute approximate surface area is 103 Å². The second kappa shape index (κ2) is 6.48. The van der Waals surface area contributed by atoms with Crippen LogP contribution in [-0.4, -0.2) is 41.0 Å². The molecule has 0 unspecified atom stereocenters. The number of anilines is 2. The summed E-state index contributed by atoms with van der Waals surface area (Å²) in [7, 11) is 0. The van der Waals surface area contributed by atoms with Crippen LogP contribution in [0.1, 0.15) is 13.8 Å². The fraction of sp³-hybridized carbons (Fsp3) is 0.667. The number of aromatic nitrogens is 3. The van der Waals surface area contributed by atoms with Gasteiger partial charge >= 0.3 is 0 Å². The van der Waals surface area contributed by atoms with Gasteiger partial charge in [-0.05, 0) is 25.4 Å². The summed E-state index contributed by atoms with van der Waals surface area (Å²) >= 11 is 5.71. The predicted octanol–water partition coefficient (Wildman–Crippen LogP) is 2.05. The lowest BCUT2D eigenvalue weighted by molar-refractivity contribution is 0.163. The van der Waals surface area contributed by atoms with Crippen molar-refractivity contribution < 1.29 is 8.78 Å². The van der Waals surface area contributed by atoms with E-state index < -0.39 is 13.0 Å². The van der Waals surface area contributed by atoms with Crippen molar-refractivity contribution in [3.05, 3.63) is 5.28 Å². The van der Waals surface area contributed by atoms with E-state index in [-0.39, 0.29) is 11.2 Å². The molecule has 1 heterocycles. The topological polar surface area (TPSA) is 53.9 Å². The van der Waals surface area contributed by atoms with Gasteiger partial charge in [0.2, 0.25) is 17.2 Å². The Bertz CT molecular complexity index is 359.